The summed E-state index contributed by atoms with van der Waals surface area (Å²) < 4.78 is 5.37. The van der Waals surface area contributed by atoms with E-state index in [0.717, 1.165) is 37.6 Å². The third-order valence-corrected chi connectivity index (χ3v) is 5.42. The van der Waals surface area contributed by atoms with Crippen molar-refractivity contribution in [2.24, 2.45) is 0 Å². The molecule has 0 bridgehead atoms. The smallest absolute Gasteiger partial charge is 0.272 e. The number of benzene rings is 2. The molecule has 3 aromatic rings. The molecule has 2 amide bonds. The van der Waals surface area contributed by atoms with E-state index in [-0.39, 0.29) is 18.4 Å². The van der Waals surface area contributed by atoms with Crippen LogP contribution in [0.5, 0.6) is 0 Å². The Morgan fingerprint density at radius 1 is 1.16 bits per heavy atom. The number of carbonyl (C=O) groups excluding carboxylic acids is 2. The molecule has 32 heavy (non-hydrogen) atoms. The number of hydrogen-bond acceptors (Lipinski definition) is 5. The molecule has 0 unspecified atom stereocenters. The van der Waals surface area contributed by atoms with Crippen molar-refractivity contribution in [3.63, 3.8) is 0 Å². The Kier molecular flexibility index (Phi) is 6.72. The molecule has 0 spiro atoms. The average molecular weight is 454 g/mol. The van der Waals surface area contributed by atoms with Crippen molar-refractivity contribution in [3.8, 4) is 11.3 Å². The van der Waals surface area contributed by atoms with Gasteiger partial charge in [-0.25, -0.2) is 0 Å². The van der Waals surface area contributed by atoms with Gasteiger partial charge in [0.15, 0.2) is 0 Å². The van der Waals surface area contributed by atoms with E-state index in [0.29, 0.717) is 22.1 Å². The Morgan fingerprint density at radius 2 is 1.91 bits per heavy atom. The van der Waals surface area contributed by atoms with Crippen LogP contribution in [0.4, 0.5) is 11.4 Å². The van der Waals surface area contributed by atoms with Gasteiger partial charge in [0.2, 0.25) is 5.91 Å². The van der Waals surface area contributed by atoms with E-state index in [4.69, 9.17) is 16.3 Å². The fourth-order valence-electron chi connectivity index (χ4n) is 3.50. The Hall–Kier alpha value is -3.36. The quantitative estimate of drug-likeness (QED) is 0.597. The van der Waals surface area contributed by atoms with Gasteiger partial charge in [-0.05, 0) is 42.5 Å². The summed E-state index contributed by atoms with van der Waals surface area (Å²) in [6, 6.07) is 16.5. The van der Waals surface area contributed by atoms with Crippen LogP contribution in [0.3, 0.4) is 0 Å². The van der Waals surface area contributed by atoms with Crippen molar-refractivity contribution in [3.05, 3.63) is 65.3 Å². The minimum Gasteiger partial charge on any atom is -0.378 e. The number of aromatic amines is 1. The number of halogens is 1. The topological polar surface area (TPSA) is 90.6 Å². The van der Waals surface area contributed by atoms with Gasteiger partial charge in [-0.15, -0.1) is 0 Å². The van der Waals surface area contributed by atoms with Crippen molar-refractivity contribution in [1.29, 1.82) is 0 Å². The van der Waals surface area contributed by atoms with E-state index in [1.807, 2.05) is 36.4 Å². The number of hydrogen-bond donors (Lipinski definition) is 2. The number of carbonyl (C=O) groups is 2. The van der Waals surface area contributed by atoms with Crippen LogP contribution in [0.15, 0.2) is 54.6 Å². The van der Waals surface area contributed by atoms with Crippen molar-refractivity contribution in [2.75, 3.05) is 50.1 Å². The van der Waals surface area contributed by atoms with Gasteiger partial charge < -0.3 is 19.9 Å². The Morgan fingerprint density at radius 3 is 2.62 bits per heavy atom. The van der Waals surface area contributed by atoms with Gasteiger partial charge in [0, 0.05) is 42.1 Å². The number of nitrogens with one attached hydrogen (secondary N) is 2. The van der Waals surface area contributed by atoms with Gasteiger partial charge in [0.25, 0.3) is 5.91 Å². The monoisotopic (exact) mass is 453 g/mol. The molecule has 2 heterocycles. The Balaban J connectivity index is 1.33. The van der Waals surface area contributed by atoms with Crippen molar-refractivity contribution in [2.45, 2.75) is 0 Å². The lowest BCUT2D eigenvalue weighted by Gasteiger charge is -2.28. The Labute approximate surface area is 191 Å². The molecule has 1 aliphatic rings. The zero-order chi connectivity index (χ0) is 22.5. The van der Waals surface area contributed by atoms with E-state index in [1.165, 1.54) is 4.90 Å². The van der Waals surface area contributed by atoms with Crippen LogP contribution in [-0.2, 0) is 9.53 Å². The van der Waals surface area contributed by atoms with Crippen molar-refractivity contribution >= 4 is 34.8 Å². The van der Waals surface area contributed by atoms with Gasteiger partial charge in [0.1, 0.15) is 5.69 Å². The van der Waals surface area contributed by atoms with Gasteiger partial charge in [-0.1, -0.05) is 23.7 Å². The van der Waals surface area contributed by atoms with Crippen molar-refractivity contribution < 1.29 is 14.3 Å². The fourth-order valence-corrected chi connectivity index (χ4v) is 3.69. The molecule has 0 radical (unpaired) electrons. The van der Waals surface area contributed by atoms with Crippen LogP contribution in [0.1, 0.15) is 10.5 Å². The predicted octanol–water partition coefficient (Wildman–Crippen LogP) is 3.28. The van der Waals surface area contributed by atoms with Gasteiger partial charge in [-0.2, -0.15) is 5.10 Å². The van der Waals surface area contributed by atoms with E-state index in [9.17, 15) is 9.59 Å². The lowest BCUT2D eigenvalue weighted by Crippen LogP contribution is -2.36. The third kappa shape index (κ3) is 5.27. The maximum absolute atomic E-state index is 12.7. The van der Waals surface area contributed by atoms with Crippen molar-refractivity contribution in [1.82, 2.24) is 15.1 Å². The van der Waals surface area contributed by atoms with Crippen LogP contribution in [0, 0.1) is 0 Å². The molecule has 1 aromatic heterocycles. The number of amides is 2. The van der Waals surface area contributed by atoms with E-state index in [1.54, 1.807) is 25.2 Å². The Bertz CT molecular complexity index is 1090. The molecule has 8 nitrogen and oxygen atoms in total. The molecular formula is C23H24ClN5O3. The number of morpholine rings is 1. The SMILES string of the molecule is CN(CC(=O)Nc1ccc(N2CCOCC2)cc1)C(=O)c1cc(-c2cccc(Cl)c2)n[nH]1. The molecule has 0 atom stereocenters. The zero-order valence-electron chi connectivity index (χ0n) is 17.7. The number of rotatable bonds is 6. The normalized spacial score (nSPS) is 13.6. The van der Waals surface area contributed by atoms with Gasteiger partial charge in [0.05, 0.1) is 25.5 Å². The summed E-state index contributed by atoms with van der Waals surface area (Å²) >= 11 is 6.02. The second kappa shape index (κ2) is 9.84. The summed E-state index contributed by atoms with van der Waals surface area (Å²) in [6.07, 6.45) is 0. The lowest BCUT2D eigenvalue weighted by molar-refractivity contribution is -0.116. The van der Waals surface area contributed by atoms with E-state index in [2.05, 4.69) is 20.4 Å². The molecule has 9 heteroatoms. The van der Waals surface area contributed by atoms with Crippen LogP contribution in [0.25, 0.3) is 11.3 Å². The number of anilines is 2. The molecule has 2 N–H and O–H groups in total. The molecule has 166 valence electrons. The highest BCUT2D eigenvalue weighted by molar-refractivity contribution is 6.30. The van der Waals surface area contributed by atoms with Crippen LogP contribution in [-0.4, -0.2) is 66.8 Å². The zero-order valence-corrected chi connectivity index (χ0v) is 18.4. The number of aromatic nitrogens is 2. The van der Waals surface area contributed by atoms with Crippen LogP contribution in [0.2, 0.25) is 5.02 Å². The molecule has 1 aliphatic heterocycles. The minimum atomic E-state index is -0.330. The molecule has 4 rings (SSSR count). The van der Waals surface area contributed by atoms with E-state index < -0.39 is 0 Å². The van der Waals surface area contributed by atoms with Crippen LogP contribution >= 0.6 is 11.6 Å². The first-order valence-electron chi connectivity index (χ1n) is 10.3. The number of ether oxygens (including phenoxy) is 1. The summed E-state index contributed by atoms with van der Waals surface area (Å²) in [5, 5.41) is 10.3. The summed E-state index contributed by atoms with van der Waals surface area (Å²) in [7, 11) is 1.57. The number of likely N-dealkylation sites (N-methyl/N-ethyl adjacent to an activating group) is 1. The highest BCUT2D eigenvalue weighted by atomic mass is 35.5. The van der Waals surface area contributed by atoms with Gasteiger partial charge >= 0.3 is 0 Å². The maximum Gasteiger partial charge on any atom is 0.272 e. The number of H-pyrrole nitrogens is 1. The molecule has 1 fully saturated rings. The maximum atomic E-state index is 12.7. The first-order valence-corrected chi connectivity index (χ1v) is 10.7. The second-order valence-electron chi connectivity index (χ2n) is 7.53. The minimum absolute atomic E-state index is 0.0877. The lowest BCUT2D eigenvalue weighted by atomic mass is 10.1. The largest absolute Gasteiger partial charge is 0.378 e. The first kappa shape index (κ1) is 21.9. The van der Waals surface area contributed by atoms with Crippen LogP contribution < -0.4 is 10.2 Å². The average Bonchev–Trinajstić information content (AvgIpc) is 3.30. The highest BCUT2D eigenvalue weighted by Crippen LogP contribution is 2.22. The van der Waals surface area contributed by atoms with E-state index >= 15 is 0 Å². The second-order valence-corrected chi connectivity index (χ2v) is 7.97. The molecule has 0 saturated carbocycles. The summed E-state index contributed by atoms with van der Waals surface area (Å²) in [5.41, 5.74) is 3.47. The third-order valence-electron chi connectivity index (χ3n) is 5.18. The molecule has 0 aliphatic carbocycles. The number of nitrogens with zero attached hydrogens (tertiary/aromatic N) is 3. The summed E-state index contributed by atoms with van der Waals surface area (Å²) in [5.74, 6) is -0.613. The fraction of sp³-hybridized carbons (Fsp3) is 0.261. The van der Waals surface area contributed by atoms with Gasteiger partial charge in [-0.3, -0.25) is 14.7 Å². The summed E-state index contributed by atoms with van der Waals surface area (Å²) in [6.45, 7) is 3.05. The molecule has 2 aromatic carbocycles. The summed E-state index contributed by atoms with van der Waals surface area (Å²) in [4.78, 5) is 28.7. The highest BCUT2D eigenvalue weighted by Gasteiger charge is 2.18. The first-order chi connectivity index (χ1) is 15.5. The molecule has 1 saturated heterocycles. The standard InChI is InChI=1S/C23H24ClN5O3/c1-28(23(31)21-14-20(26-27-21)16-3-2-4-17(24)13-16)15-22(30)25-18-5-7-19(8-6-18)29-9-11-32-12-10-29/h2-8,13-14H,9-12,15H2,1H3,(H,25,30)(H,26,27). The predicted molar refractivity (Wildman–Crippen MR) is 124 cm³/mol. The molecular weight excluding hydrogens is 430 g/mol.